The second-order valence-corrected chi connectivity index (χ2v) is 13.5. The number of aromatic amines is 1. The fourth-order valence-corrected chi connectivity index (χ4v) is 7.53. The average Bonchev–Trinajstić information content (AvgIpc) is 2.90. The molecule has 3 heterocycles. The summed E-state index contributed by atoms with van der Waals surface area (Å²) < 4.78 is 18.6. The van der Waals surface area contributed by atoms with E-state index in [4.69, 9.17) is 14.2 Å². The van der Waals surface area contributed by atoms with E-state index in [-0.39, 0.29) is 48.5 Å². The van der Waals surface area contributed by atoms with Gasteiger partial charge in [0.15, 0.2) is 0 Å². The Morgan fingerprint density at radius 1 is 0.977 bits per heavy atom. The minimum absolute atomic E-state index is 0.104. The number of H-pyrrole nitrogens is 1. The molecular weight excluding hydrogens is 556 g/mol. The number of aryl methyl sites for hydroxylation is 2. The van der Waals surface area contributed by atoms with Crippen LogP contribution in [0.4, 0.5) is 5.69 Å². The van der Waals surface area contributed by atoms with Crippen molar-refractivity contribution in [3.8, 4) is 5.75 Å². The normalized spacial score (nSPS) is 29.1. The van der Waals surface area contributed by atoms with Crippen molar-refractivity contribution in [2.75, 3.05) is 24.5 Å². The quantitative estimate of drug-likeness (QED) is 0.412. The van der Waals surface area contributed by atoms with Crippen LogP contribution in [-0.2, 0) is 16.0 Å². The highest BCUT2D eigenvalue weighted by Gasteiger charge is 2.38. The number of hydrogen-bond acceptors (Lipinski definition) is 7. The SMILES string of the molecule is CCN(c1cc(O[C@H]2C[C@@H](N3C[C@@H](C)O[C@@H](C)C3)C2)cc(C(=O)NCc2c(C)cc(C)[nH]c2=O)c1C)[C@H]1C[C@@H](C)O[C@@H](C)C1. The van der Waals surface area contributed by atoms with Crippen LogP contribution in [0.1, 0.15) is 93.0 Å². The van der Waals surface area contributed by atoms with E-state index < -0.39 is 0 Å². The molecule has 2 N–H and O–H groups in total. The summed E-state index contributed by atoms with van der Waals surface area (Å²) in [4.78, 5) is 34.2. The van der Waals surface area contributed by atoms with Gasteiger partial charge in [0.1, 0.15) is 11.9 Å². The first-order chi connectivity index (χ1) is 20.9. The number of hydrogen-bond donors (Lipinski definition) is 2. The number of carbonyl (C=O) groups is 1. The summed E-state index contributed by atoms with van der Waals surface area (Å²) in [6.07, 6.45) is 4.73. The van der Waals surface area contributed by atoms with Crippen LogP contribution in [0.25, 0.3) is 0 Å². The number of pyridine rings is 1. The number of morpholine rings is 1. The molecule has 0 unspecified atom stereocenters. The number of ether oxygens (including phenoxy) is 3. The minimum atomic E-state index is -0.207. The van der Waals surface area contributed by atoms with Crippen molar-refractivity contribution in [3.63, 3.8) is 0 Å². The third-order valence-electron chi connectivity index (χ3n) is 9.62. The van der Waals surface area contributed by atoms with Gasteiger partial charge < -0.3 is 29.4 Å². The Labute approximate surface area is 262 Å². The third kappa shape index (κ3) is 7.32. The lowest BCUT2D eigenvalue weighted by Gasteiger charge is -2.47. The number of amides is 1. The maximum absolute atomic E-state index is 13.8. The summed E-state index contributed by atoms with van der Waals surface area (Å²) in [7, 11) is 0. The molecule has 1 amide bonds. The molecule has 44 heavy (non-hydrogen) atoms. The molecule has 1 saturated carbocycles. The van der Waals surface area contributed by atoms with E-state index in [0.717, 1.165) is 73.6 Å². The average molecular weight is 609 g/mol. The molecule has 5 atom stereocenters. The summed E-state index contributed by atoms with van der Waals surface area (Å²) in [6.45, 7) is 19.4. The largest absolute Gasteiger partial charge is 0.490 e. The first-order valence-corrected chi connectivity index (χ1v) is 16.5. The molecule has 3 fully saturated rings. The van der Waals surface area contributed by atoms with Crippen LogP contribution < -0.4 is 20.5 Å². The highest BCUT2D eigenvalue weighted by Crippen LogP contribution is 2.37. The fraction of sp³-hybridized carbons (Fsp3) is 0.657. The van der Waals surface area contributed by atoms with E-state index >= 15 is 0 Å². The molecule has 1 aromatic heterocycles. The number of nitrogens with zero attached hydrogens (tertiary/aromatic N) is 2. The maximum Gasteiger partial charge on any atom is 0.253 e. The zero-order valence-electron chi connectivity index (χ0n) is 27.9. The molecule has 2 aromatic rings. The highest BCUT2D eigenvalue weighted by atomic mass is 16.5. The van der Waals surface area contributed by atoms with Crippen molar-refractivity contribution in [1.29, 1.82) is 0 Å². The van der Waals surface area contributed by atoms with Crippen molar-refractivity contribution in [2.24, 2.45) is 0 Å². The van der Waals surface area contributed by atoms with Crippen LogP contribution in [0.5, 0.6) is 5.75 Å². The summed E-state index contributed by atoms with van der Waals surface area (Å²) in [5.41, 5.74) is 4.60. The van der Waals surface area contributed by atoms with Gasteiger partial charge in [-0.25, -0.2) is 0 Å². The highest BCUT2D eigenvalue weighted by molar-refractivity contribution is 5.97. The van der Waals surface area contributed by atoms with Crippen molar-refractivity contribution >= 4 is 11.6 Å². The van der Waals surface area contributed by atoms with Gasteiger partial charge in [0.05, 0.1) is 24.4 Å². The minimum Gasteiger partial charge on any atom is -0.490 e. The summed E-state index contributed by atoms with van der Waals surface area (Å²) in [5.74, 6) is 0.514. The Hall–Kier alpha value is -2.88. The molecule has 9 heteroatoms. The van der Waals surface area contributed by atoms with Gasteiger partial charge >= 0.3 is 0 Å². The summed E-state index contributed by atoms with van der Waals surface area (Å²) in [6, 6.07) is 6.74. The lowest BCUT2D eigenvalue weighted by Crippen LogP contribution is -2.56. The zero-order chi connectivity index (χ0) is 31.7. The summed E-state index contributed by atoms with van der Waals surface area (Å²) >= 11 is 0. The summed E-state index contributed by atoms with van der Waals surface area (Å²) in [5, 5.41) is 3.03. The Balaban J connectivity index is 1.39. The number of carbonyl (C=O) groups excluding carboxylic acids is 1. The molecule has 1 aromatic carbocycles. The van der Waals surface area contributed by atoms with Gasteiger partial charge in [-0.1, -0.05) is 0 Å². The van der Waals surface area contributed by atoms with Crippen LogP contribution in [0, 0.1) is 20.8 Å². The van der Waals surface area contributed by atoms with Crippen LogP contribution in [0.3, 0.4) is 0 Å². The van der Waals surface area contributed by atoms with E-state index in [0.29, 0.717) is 23.2 Å². The standard InChI is InChI=1S/C35H52N4O5/c1-9-39(28-11-22(4)42-23(5)12-28)33-16-30(44-29-13-27(14-29)38-18-24(6)43-25(7)19-38)15-31(26(33)8)34(40)36-17-32-20(2)10-21(3)37-35(32)41/h10,15-16,22-25,27-29H,9,11-14,17-19H2,1-8H3,(H,36,40)(H,37,41)/t22-,23+,24-,25+,27-,28+,29+. The van der Waals surface area contributed by atoms with E-state index in [1.807, 2.05) is 32.9 Å². The van der Waals surface area contributed by atoms with Gasteiger partial charge in [0.2, 0.25) is 0 Å². The number of rotatable bonds is 9. The first-order valence-electron chi connectivity index (χ1n) is 16.5. The van der Waals surface area contributed by atoms with Crippen molar-refractivity contribution in [2.45, 2.75) is 130 Å². The van der Waals surface area contributed by atoms with E-state index in [1.54, 1.807) is 0 Å². The van der Waals surface area contributed by atoms with E-state index in [1.165, 1.54) is 0 Å². The Morgan fingerprint density at radius 2 is 1.61 bits per heavy atom. The van der Waals surface area contributed by atoms with Crippen LogP contribution in [-0.4, -0.2) is 78.0 Å². The third-order valence-corrected chi connectivity index (χ3v) is 9.62. The van der Waals surface area contributed by atoms with Gasteiger partial charge in [0.25, 0.3) is 11.5 Å². The predicted octanol–water partition coefficient (Wildman–Crippen LogP) is 5.03. The lowest BCUT2D eigenvalue weighted by atomic mass is 9.87. The Morgan fingerprint density at radius 3 is 2.23 bits per heavy atom. The maximum atomic E-state index is 13.8. The molecule has 2 saturated heterocycles. The molecule has 2 aliphatic heterocycles. The molecule has 9 nitrogen and oxygen atoms in total. The van der Waals surface area contributed by atoms with Crippen LogP contribution in [0.15, 0.2) is 23.0 Å². The van der Waals surface area contributed by atoms with Gasteiger partial charge in [-0.15, -0.1) is 0 Å². The van der Waals surface area contributed by atoms with Crippen molar-refractivity contribution < 1.29 is 19.0 Å². The molecule has 0 radical (unpaired) electrons. The molecule has 3 aliphatic rings. The zero-order valence-corrected chi connectivity index (χ0v) is 27.9. The molecular formula is C35H52N4O5. The monoisotopic (exact) mass is 608 g/mol. The molecule has 5 rings (SSSR count). The van der Waals surface area contributed by atoms with E-state index in [9.17, 15) is 9.59 Å². The Bertz CT molecular complexity index is 1370. The van der Waals surface area contributed by atoms with Gasteiger partial charge in [-0.3, -0.25) is 14.5 Å². The lowest BCUT2D eigenvalue weighted by molar-refractivity contribution is -0.103. The Kier molecular flexibility index (Phi) is 10.1. The molecule has 242 valence electrons. The molecule has 1 aliphatic carbocycles. The van der Waals surface area contributed by atoms with Crippen LogP contribution in [0.2, 0.25) is 0 Å². The molecule has 0 bridgehead atoms. The van der Waals surface area contributed by atoms with Gasteiger partial charge in [-0.05, 0) is 91.5 Å². The van der Waals surface area contributed by atoms with Gasteiger partial charge in [0, 0.05) is 79.7 Å². The second kappa shape index (κ2) is 13.6. The smallest absolute Gasteiger partial charge is 0.253 e. The molecule has 0 spiro atoms. The second-order valence-electron chi connectivity index (χ2n) is 13.5. The topological polar surface area (TPSA) is 96.1 Å². The number of anilines is 1. The first kappa shape index (κ1) is 32.5. The number of aromatic nitrogens is 1. The fourth-order valence-electron chi connectivity index (χ4n) is 7.53. The van der Waals surface area contributed by atoms with E-state index in [2.05, 4.69) is 60.8 Å². The van der Waals surface area contributed by atoms with Crippen molar-refractivity contribution in [3.05, 3.63) is 56.5 Å². The van der Waals surface area contributed by atoms with Crippen molar-refractivity contribution in [1.82, 2.24) is 15.2 Å². The van der Waals surface area contributed by atoms with Gasteiger partial charge in [-0.2, -0.15) is 0 Å². The number of nitrogens with one attached hydrogen (secondary N) is 2. The number of benzene rings is 1. The van der Waals surface area contributed by atoms with Crippen LogP contribution >= 0.6 is 0 Å². The predicted molar refractivity (Wildman–Crippen MR) is 174 cm³/mol.